The van der Waals surface area contributed by atoms with Crippen LogP contribution in [0.5, 0.6) is 0 Å². The van der Waals surface area contributed by atoms with E-state index in [0.29, 0.717) is 22.7 Å². The number of hydrogen-bond donors (Lipinski definition) is 1. The van der Waals surface area contributed by atoms with Crippen LogP contribution in [-0.2, 0) is 9.47 Å². The summed E-state index contributed by atoms with van der Waals surface area (Å²) in [6, 6.07) is 10.2. The Morgan fingerprint density at radius 3 is 2.31 bits per heavy atom. The van der Waals surface area contributed by atoms with Gasteiger partial charge in [0, 0.05) is 25.1 Å². The van der Waals surface area contributed by atoms with Gasteiger partial charge in [-0.25, -0.2) is 0 Å². The molecule has 0 spiro atoms. The van der Waals surface area contributed by atoms with Crippen LogP contribution in [0.3, 0.4) is 0 Å². The minimum atomic E-state index is -0.0637. The smallest absolute Gasteiger partial charge is 0.141 e. The van der Waals surface area contributed by atoms with E-state index in [1.807, 2.05) is 32.0 Å². The predicted octanol–water partition coefficient (Wildman–Crippen LogP) is 2.12. The maximum atomic E-state index is 5.47. The lowest BCUT2D eigenvalue weighted by Gasteiger charge is -2.16. The normalized spacial score (nSPS) is 10.7. The van der Waals surface area contributed by atoms with Crippen LogP contribution in [0, 0.1) is 0 Å². The van der Waals surface area contributed by atoms with Gasteiger partial charge in [0.25, 0.3) is 0 Å². The Morgan fingerprint density at radius 2 is 1.75 bits per heavy atom. The molecule has 0 bridgehead atoms. The number of benzene rings is 1. The molecule has 2 radical (unpaired) electrons. The molecule has 1 aromatic carbocycles. The van der Waals surface area contributed by atoms with Crippen LogP contribution in [0.1, 0.15) is 13.8 Å². The molecule has 0 amide bonds. The van der Waals surface area contributed by atoms with Crippen molar-refractivity contribution in [3.63, 3.8) is 0 Å². The molecule has 0 heterocycles. The van der Waals surface area contributed by atoms with Crippen LogP contribution in [0.15, 0.2) is 30.3 Å². The summed E-state index contributed by atoms with van der Waals surface area (Å²) >= 11 is 0. The van der Waals surface area contributed by atoms with E-state index < -0.39 is 0 Å². The summed E-state index contributed by atoms with van der Waals surface area (Å²) in [6.45, 7) is 5.37. The summed E-state index contributed by atoms with van der Waals surface area (Å²) in [5, 5.41) is 3.34. The molecule has 0 aliphatic heterocycles. The number of ether oxygens (including phenoxy) is 2. The van der Waals surface area contributed by atoms with E-state index in [1.54, 1.807) is 0 Å². The fraction of sp³-hybridized carbons (Fsp3) is 0.500. The molecule has 4 heteroatoms. The van der Waals surface area contributed by atoms with Crippen molar-refractivity contribution in [3.8, 4) is 0 Å². The second-order valence-electron chi connectivity index (χ2n) is 3.17. The number of para-hydroxylation sites is 1. The van der Waals surface area contributed by atoms with Crippen LogP contribution in [0.2, 0.25) is 0 Å². The van der Waals surface area contributed by atoms with E-state index in [9.17, 15) is 0 Å². The molecule has 3 nitrogen and oxygen atoms in total. The summed E-state index contributed by atoms with van der Waals surface area (Å²) in [7, 11) is 0.607. The third kappa shape index (κ3) is 5.30. The molecule has 0 unspecified atom stereocenters. The molecule has 0 aliphatic rings. The van der Waals surface area contributed by atoms with Gasteiger partial charge < -0.3 is 14.8 Å². The van der Waals surface area contributed by atoms with Crippen molar-refractivity contribution in [2.75, 3.05) is 24.7 Å². The molecule has 1 aromatic rings. The lowest BCUT2D eigenvalue weighted by Crippen LogP contribution is -2.29. The number of hydrogen-bond acceptors (Lipinski definition) is 3. The van der Waals surface area contributed by atoms with Crippen LogP contribution < -0.4 is 5.32 Å². The van der Waals surface area contributed by atoms with Gasteiger partial charge in [-0.2, -0.15) is 0 Å². The van der Waals surface area contributed by atoms with Gasteiger partial charge in [-0.05, 0) is 26.0 Å². The summed E-state index contributed by atoms with van der Waals surface area (Å²) < 4.78 is 10.9. The van der Waals surface area contributed by atoms with E-state index in [-0.39, 0.29) is 5.91 Å². The Bertz CT molecular complexity index is 263. The quantitative estimate of drug-likeness (QED) is 0.555. The lowest BCUT2D eigenvalue weighted by molar-refractivity contribution is -0.0825. The van der Waals surface area contributed by atoms with Crippen molar-refractivity contribution in [1.29, 1.82) is 0 Å². The zero-order valence-electron chi connectivity index (χ0n) is 9.90. The maximum Gasteiger partial charge on any atom is 0.141 e. The Morgan fingerprint density at radius 1 is 1.12 bits per heavy atom. The first-order chi connectivity index (χ1) is 7.86. The summed E-state index contributed by atoms with van der Waals surface area (Å²) in [5.41, 5.74) is 1.14. The lowest BCUT2D eigenvalue weighted by atomic mass is 10.3. The molecule has 1 N–H and O–H groups in total. The average Bonchev–Trinajstić information content (AvgIpc) is 2.31. The van der Waals surface area contributed by atoms with E-state index >= 15 is 0 Å². The standard InChI is InChI=1S/C12H19NO2Si/c1-3-14-12(15-4-2)16-10-13-11-8-6-5-7-9-11/h5-9,12-13H,3-4,10H2,1-2H3. The van der Waals surface area contributed by atoms with Crippen LogP contribution >= 0.6 is 0 Å². The van der Waals surface area contributed by atoms with Crippen LogP contribution in [0.4, 0.5) is 5.69 Å². The number of anilines is 1. The Labute approximate surface area is 100.0 Å². The van der Waals surface area contributed by atoms with Gasteiger partial charge in [0.2, 0.25) is 0 Å². The topological polar surface area (TPSA) is 30.5 Å². The maximum absolute atomic E-state index is 5.47. The van der Waals surface area contributed by atoms with Gasteiger partial charge in [0.15, 0.2) is 0 Å². The Kier molecular flexibility index (Phi) is 6.88. The molecular formula is C12H19NO2Si. The first-order valence-electron chi connectivity index (χ1n) is 5.62. The van der Waals surface area contributed by atoms with Crippen LogP contribution in [0.25, 0.3) is 0 Å². The first-order valence-corrected chi connectivity index (χ1v) is 6.90. The van der Waals surface area contributed by atoms with Gasteiger partial charge in [0.1, 0.15) is 15.4 Å². The molecule has 88 valence electrons. The molecule has 0 saturated carbocycles. The van der Waals surface area contributed by atoms with E-state index in [1.165, 1.54) is 0 Å². The van der Waals surface area contributed by atoms with E-state index in [4.69, 9.17) is 9.47 Å². The summed E-state index contributed by atoms with van der Waals surface area (Å²) in [5.74, 6) is -0.0637. The highest BCUT2D eigenvalue weighted by atomic mass is 28.2. The summed E-state index contributed by atoms with van der Waals surface area (Å²) in [6.07, 6.45) is 0.884. The molecule has 0 fully saturated rings. The van der Waals surface area contributed by atoms with Gasteiger partial charge in [-0.1, -0.05) is 18.2 Å². The van der Waals surface area contributed by atoms with Crippen molar-refractivity contribution in [1.82, 2.24) is 0 Å². The summed E-state index contributed by atoms with van der Waals surface area (Å²) in [4.78, 5) is 0. The zero-order valence-corrected chi connectivity index (χ0v) is 10.9. The average molecular weight is 237 g/mol. The molecule has 1 rings (SSSR count). The van der Waals surface area contributed by atoms with Gasteiger partial charge in [-0.3, -0.25) is 0 Å². The van der Waals surface area contributed by atoms with Gasteiger partial charge >= 0.3 is 0 Å². The highest BCUT2D eigenvalue weighted by Crippen LogP contribution is 2.04. The van der Waals surface area contributed by atoms with Crippen molar-refractivity contribution in [2.24, 2.45) is 0 Å². The minimum absolute atomic E-state index is 0.0637. The second kappa shape index (κ2) is 8.33. The minimum Gasteiger partial charge on any atom is -0.388 e. The second-order valence-corrected chi connectivity index (χ2v) is 4.40. The molecule has 0 aliphatic carbocycles. The third-order valence-electron chi connectivity index (χ3n) is 1.97. The fourth-order valence-electron chi connectivity index (χ4n) is 1.26. The van der Waals surface area contributed by atoms with Crippen LogP contribution in [-0.4, -0.2) is 34.8 Å². The predicted molar refractivity (Wildman–Crippen MR) is 67.7 cm³/mol. The molecular weight excluding hydrogens is 218 g/mol. The molecule has 0 saturated heterocycles. The van der Waals surface area contributed by atoms with Crippen molar-refractivity contribution < 1.29 is 9.47 Å². The van der Waals surface area contributed by atoms with Crippen molar-refractivity contribution in [3.05, 3.63) is 30.3 Å². The van der Waals surface area contributed by atoms with Crippen molar-refractivity contribution in [2.45, 2.75) is 19.8 Å². The largest absolute Gasteiger partial charge is 0.388 e. The van der Waals surface area contributed by atoms with Gasteiger partial charge in [-0.15, -0.1) is 0 Å². The van der Waals surface area contributed by atoms with E-state index in [0.717, 1.165) is 11.9 Å². The first kappa shape index (κ1) is 13.2. The molecule has 0 atom stereocenters. The molecule has 16 heavy (non-hydrogen) atoms. The SMILES string of the molecule is CCOC(OCC)[Si]CNc1ccccc1. The number of rotatable bonds is 8. The van der Waals surface area contributed by atoms with Crippen molar-refractivity contribution >= 4 is 15.2 Å². The third-order valence-corrected chi connectivity index (χ3v) is 3.02. The monoisotopic (exact) mass is 237 g/mol. The Balaban J connectivity index is 2.22. The number of nitrogens with one attached hydrogen (secondary N) is 1. The Hall–Kier alpha value is -0.843. The zero-order chi connectivity index (χ0) is 11.6. The fourth-order valence-corrected chi connectivity index (χ4v) is 2.30. The molecule has 0 aromatic heterocycles. The van der Waals surface area contributed by atoms with Gasteiger partial charge in [0.05, 0.1) is 0 Å². The highest BCUT2D eigenvalue weighted by Gasteiger charge is 2.08. The highest BCUT2D eigenvalue weighted by molar-refractivity contribution is 6.37. The van der Waals surface area contributed by atoms with E-state index in [2.05, 4.69) is 17.4 Å².